The fourth-order valence-electron chi connectivity index (χ4n) is 2.58. The molecule has 0 bridgehead atoms. The highest BCUT2D eigenvalue weighted by molar-refractivity contribution is 9.09. The first-order valence-corrected chi connectivity index (χ1v) is 9.84. The van der Waals surface area contributed by atoms with Gasteiger partial charge >= 0.3 is 6.18 Å². The van der Waals surface area contributed by atoms with Crippen molar-refractivity contribution in [3.05, 3.63) is 59.2 Å². The molecule has 0 spiro atoms. The highest BCUT2D eigenvalue weighted by Gasteiger charge is 2.32. The average molecular weight is 464 g/mol. The van der Waals surface area contributed by atoms with Gasteiger partial charge in [-0.1, -0.05) is 61.8 Å². The number of fused-ring (bicyclic) bond motifs is 2. The monoisotopic (exact) mass is 462 g/mol. The van der Waals surface area contributed by atoms with Crippen LogP contribution in [0.15, 0.2) is 52.3 Å². The predicted octanol–water partition coefficient (Wildman–Crippen LogP) is 6.87. The summed E-state index contributed by atoms with van der Waals surface area (Å²) in [6.45, 7) is 0. The molecule has 1 aliphatic rings. The Bertz CT molecular complexity index is 782. The smallest absolute Gasteiger partial charge is 0.166 e. The van der Waals surface area contributed by atoms with Gasteiger partial charge in [-0.25, -0.2) is 0 Å². The number of alkyl halides is 5. The van der Waals surface area contributed by atoms with Crippen molar-refractivity contribution in [3.63, 3.8) is 0 Å². The zero-order valence-corrected chi connectivity index (χ0v) is 15.7. The number of hydrogen-bond donors (Lipinski definition) is 0. The van der Waals surface area contributed by atoms with Crippen LogP contribution < -0.4 is 0 Å². The molecule has 0 nitrogen and oxygen atoms in total. The maximum atomic E-state index is 13.1. The minimum absolute atomic E-state index is 0.497. The molecule has 2 aromatic carbocycles. The molecule has 0 aliphatic carbocycles. The number of benzene rings is 2. The Morgan fingerprint density at radius 2 is 1.43 bits per heavy atom. The first kappa shape index (κ1) is 17.1. The Hall–Kier alpha value is -0.720. The van der Waals surface area contributed by atoms with Crippen molar-refractivity contribution in [2.45, 2.75) is 16.0 Å². The second kappa shape index (κ2) is 6.65. The van der Waals surface area contributed by atoms with E-state index in [1.807, 2.05) is 24.3 Å². The van der Waals surface area contributed by atoms with Crippen LogP contribution in [0, 0.1) is 0 Å². The van der Waals surface area contributed by atoms with Gasteiger partial charge in [-0.2, -0.15) is 13.2 Å². The van der Waals surface area contributed by atoms with Gasteiger partial charge in [-0.3, -0.25) is 0 Å². The highest BCUT2D eigenvalue weighted by atomic mass is 79.9. The number of halogens is 5. The lowest BCUT2D eigenvalue weighted by Gasteiger charge is -2.14. The lowest BCUT2D eigenvalue weighted by Crippen LogP contribution is -2.06. The van der Waals surface area contributed by atoms with E-state index in [-0.39, 0.29) is 0 Å². The Morgan fingerprint density at radius 1 is 0.826 bits per heavy atom. The summed E-state index contributed by atoms with van der Waals surface area (Å²) in [5.41, 5.74) is 3.00. The summed E-state index contributed by atoms with van der Waals surface area (Å²) in [6.07, 6.45) is -4.34. The summed E-state index contributed by atoms with van der Waals surface area (Å²) in [4.78, 5) is 1.90. The zero-order chi connectivity index (χ0) is 16.6. The van der Waals surface area contributed by atoms with Gasteiger partial charge in [0, 0.05) is 20.5 Å². The third-order valence-corrected chi connectivity index (χ3v) is 5.97. The van der Waals surface area contributed by atoms with Crippen molar-refractivity contribution in [3.8, 4) is 0 Å². The van der Waals surface area contributed by atoms with Crippen LogP contribution >= 0.6 is 43.6 Å². The molecule has 0 unspecified atom stereocenters. The minimum Gasteiger partial charge on any atom is -0.166 e. The fourth-order valence-corrected chi connectivity index (χ4v) is 4.98. The van der Waals surface area contributed by atoms with E-state index < -0.39 is 11.7 Å². The van der Waals surface area contributed by atoms with E-state index in [1.54, 1.807) is 6.07 Å². The average Bonchev–Trinajstić information content (AvgIpc) is 2.66. The van der Waals surface area contributed by atoms with Gasteiger partial charge in [0.2, 0.25) is 0 Å². The third kappa shape index (κ3) is 3.26. The molecule has 2 aromatic rings. The number of hydrogen-bond acceptors (Lipinski definition) is 1. The molecule has 0 fully saturated rings. The van der Waals surface area contributed by atoms with Crippen LogP contribution in [0.2, 0.25) is 0 Å². The van der Waals surface area contributed by atoms with Crippen LogP contribution in [-0.4, -0.2) is 10.7 Å². The van der Waals surface area contributed by atoms with Crippen molar-refractivity contribution in [1.82, 2.24) is 0 Å². The van der Waals surface area contributed by atoms with Gasteiger partial charge < -0.3 is 0 Å². The van der Waals surface area contributed by atoms with E-state index in [0.29, 0.717) is 16.2 Å². The largest absolute Gasteiger partial charge is 0.416 e. The summed E-state index contributed by atoms with van der Waals surface area (Å²) in [7, 11) is 0. The van der Waals surface area contributed by atoms with Gasteiger partial charge in [0.05, 0.1) is 5.56 Å². The molecule has 6 heteroatoms. The first-order valence-electron chi connectivity index (χ1n) is 6.78. The molecule has 1 heterocycles. The standard InChI is InChI=1S/C17H11Br2F3S/c18-8-13-11-3-1-2-4-15(11)23-16-6-5-10(17(20,21)22)7-12(16)14(13)9-19/h1-7H,8-9H2. The van der Waals surface area contributed by atoms with Crippen LogP contribution in [0.1, 0.15) is 16.7 Å². The summed E-state index contributed by atoms with van der Waals surface area (Å²) in [5.74, 6) is 0. The molecule has 23 heavy (non-hydrogen) atoms. The molecule has 0 saturated carbocycles. The normalized spacial score (nSPS) is 14.3. The minimum atomic E-state index is -4.34. The van der Waals surface area contributed by atoms with Gasteiger partial charge in [0.25, 0.3) is 0 Å². The van der Waals surface area contributed by atoms with Crippen molar-refractivity contribution in [1.29, 1.82) is 0 Å². The molecular formula is C17H11Br2F3S. The van der Waals surface area contributed by atoms with Crippen LogP contribution in [0.5, 0.6) is 0 Å². The molecule has 0 N–H and O–H groups in total. The number of allylic oxidation sites excluding steroid dienone is 2. The van der Waals surface area contributed by atoms with Crippen molar-refractivity contribution < 1.29 is 13.2 Å². The molecule has 1 aliphatic heterocycles. The maximum absolute atomic E-state index is 13.1. The van der Waals surface area contributed by atoms with Gasteiger partial charge in [0.15, 0.2) is 0 Å². The molecular weight excluding hydrogens is 453 g/mol. The maximum Gasteiger partial charge on any atom is 0.416 e. The highest BCUT2D eigenvalue weighted by Crippen LogP contribution is 2.46. The molecule has 0 amide bonds. The molecule has 0 radical (unpaired) electrons. The Kier molecular flexibility index (Phi) is 4.95. The Balaban J connectivity index is 2.30. The van der Waals surface area contributed by atoms with E-state index in [1.165, 1.54) is 17.8 Å². The molecule has 120 valence electrons. The number of rotatable bonds is 2. The molecule has 3 rings (SSSR count). The Labute approximate surface area is 153 Å². The van der Waals surface area contributed by atoms with Gasteiger partial charge in [0.1, 0.15) is 0 Å². The van der Waals surface area contributed by atoms with Crippen LogP contribution in [0.3, 0.4) is 0 Å². The van der Waals surface area contributed by atoms with E-state index in [4.69, 9.17) is 0 Å². The van der Waals surface area contributed by atoms with Crippen molar-refractivity contribution in [2.75, 3.05) is 10.7 Å². The van der Waals surface area contributed by atoms with Crippen LogP contribution in [-0.2, 0) is 6.18 Å². The third-order valence-electron chi connectivity index (χ3n) is 3.70. The second-order valence-electron chi connectivity index (χ2n) is 5.03. The van der Waals surface area contributed by atoms with E-state index in [2.05, 4.69) is 31.9 Å². The summed E-state index contributed by atoms with van der Waals surface area (Å²) in [5, 5.41) is 1.08. The fraction of sp³-hybridized carbons (Fsp3) is 0.176. The van der Waals surface area contributed by atoms with Crippen molar-refractivity contribution in [2.24, 2.45) is 0 Å². The second-order valence-corrected chi connectivity index (χ2v) is 7.24. The van der Waals surface area contributed by atoms with E-state index in [9.17, 15) is 13.2 Å². The molecule has 0 aromatic heterocycles. The summed E-state index contributed by atoms with van der Waals surface area (Å²) in [6, 6.07) is 11.9. The van der Waals surface area contributed by atoms with E-state index in [0.717, 1.165) is 32.6 Å². The van der Waals surface area contributed by atoms with E-state index >= 15 is 0 Å². The quantitative estimate of drug-likeness (QED) is 0.438. The first-order chi connectivity index (χ1) is 11.0. The van der Waals surface area contributed by atoms with Gasteiger partial charge in [-0.15, -0.1) is 0 Å². The SMILES string of the molecule is FC(F)(F)c1ccc2c(c1)C(CBr)=C(CBr)c1ccccc1S2. The molecule has 0 atom stereocenters. The zero-order valence-electron chi connectivity index (χ0n) is 11.8. The topological polar surface area (TPSA) is 0 Å². The molecule has 0 saturated heterocycles. The summed E-state index contributed by atoms with van der Waals surface area (Å²) < 4.78 is 39.3. The Morgan fingerprint density at radius 3 is 2.09 bits per heavy atom. The predicted molar refractivity (Wildman–Crippen MR) is 96.4 cm³/mol. The lowest BCUT2D eigenvalue weighted by atomic mass is 9.96. The summed E-state index contributed by atoms with van der Waals surface area (Å²) >= 11 is 8.46. The van der Waals surface area contributed by atoms with Crippen molar-refractivity contribution >= 4 is 54.8 Å². The van der Waals surface area contributed by atoms with Gasteiger partial charge in [-0.05, 0) is 46.5 Å². The van der Waals surface area contributed by atoms with Crippen LogP contribution in [0.25, 0.3) is 11.1 Å². The lowest BCUT2D eigenvalue weighted by molar-refractivity contribution is -0.137. The van der Waals surface area contributed by atoms with Crippen LogP contribution in [0.4, 0.5) is 13.2 Å².